The Balaban J connectivity index is 2.46. The van der Waals surface area contributed by atoms with Crippen molar-refractivity contribution >= 4 is 11.6 Å². The molecule has 15 heavy (non-hydrogen) atoms. The standard InChI is InChI=1S/C13H11ClO/c14-13-7-6-11(8-12(13)9-15)10-4-2-1-3-5-10/h1-8,15H,9H2. The highest BCUT2D eigenvalue weighted by Crippen LogP contribution is 2.24. The summed E-state index contributed by atoms with van der Waals surface area (Å²) in [7, 11) is 0. The van der Waals surface area contributed by atoms with Crippen molar-refractivity contribution in [2.45, 2.75) is 6.61 Å². The zero-order chi connectivity index (χ0) is 10.7. The van der Waals surface area contributed by atoms with E-state index in [0.717, 1.165) is 16.7 Å². The van der Waals surface area contributed by atoms with Gasteiger partial charge in [0.2, 0.25) is 0 Å². The SMILES string of the molecule is OCc1cc(-c2ccccc2)ccc1Cl. The van der Waals surface area contributed by atoms with E-state index in [1.165, 1.54) is 0 Å². The van der Waals surface area contributed by atoms with Crippen LogP contribution in [-0.2, 0) is 6.61 Å². The summed E-state index contributed by atoms with van der Waals surface area (Å²) in [5.74, 6) is 0. The van der Waals surface area contributed by atoms with E-state index in [2.05, 4.69) is 0 Å². The molecule has 2 aromatic rings. The van der Waals surface area contributed by atoms with Crippen LogP contribution in [0.2, 0.25) is 5.02 Å². The quantitative estimate of drug-likeness (QED) is 0.818. The fourth-order valence-electron chi connectivity index (χ4n) is 1.51. The van der Waals surface area contributed by atoms with Crippen LogP contribution in [0.4, 0.5) is 0 Å². The predicted molar refractivity (Wildman–Crippen MR) is 62.8 cm³/mol. The summed E-state index contributed by atoms with van der Waals surface area (Å²) < 4.78 is 0. The minimum atomic E-state index is -0.0283. The van der Waals surface area contributed by atoms with Gasteiger partial charge in [0.05, 0.1) is 6.61 Å². The van der Waals surface area contributed by atoms with Crippen molar-refractivity contribution in [1.29, 1.82) is 0 Å². The molecule has 0 aromatic heterocycles. The third-order valence-corrected chi connectivity index (χ3v) is 2.69. The normalized spacial score (nSPS) is 10.3. The predicted octanol–water partition coefficient (Wildman–Crippen LogP) is 3.50. The number of aliphatic hydroxyl groups excluding tert-OH is 1. The maximum Gasteiger partial charge on any atom is 0.0696 e. The zero-order valence-corrected chi connectivity index (χ0v) is 8.91. The molecule has 0 aliphatic heterocycles. The summed E-state index contributed by atoms with van der Waals surface area (Å²) in [6, 6.07) is 15.7. The first-order valence-electron chi connectivity index (χ1n) is 4.76. The van der Waals surface area contributed by atoms with Crippen LogP contribution in [0.1, 0.15) is 5.56 Å². The van der Waals surface area contributed by atoms with Crippen molar-refractivity contribution in [3.8, 4) is 11.1 Å². The fourth-order valence-corrected chi connectivity index (χ4v) is 1.68. The molecule has 1 nitrogen and oxygen atoms in total. The Kier molecular flexibility index (Phi) is 3.05. The minimum Gasteiger partial charge on any atom is -0.392 e. The van der Waals surface area contributed by atoms with Crippen LogP contribution in [0.5, 0.6) is 0 Å². The molecule has 2 heteroatoms. The minimum absolute atomic E-state index is 0.0283. The van der Waals surface area contributed by atoms with Gasteiger partial charge in [-0.2, -0.15) is 0 Å². The van der Waals surface area contributed by atoms with Crippen LogP contribution in [-0.4, -0.2) is 5.11 Å². The topological polar surface area (TPSA) is 20.2 Å². The van der Waals surface area contributed by atoms with Crippen molar-refractivity contribution in [1.82, 2.24) is 0 Å². The van der Waals surface area contributed by atoms with Gasteiger partial charge in [0.1, 0.15) is 0 Å². The van der Waals surface area contributed by atoms with Gasteiger partial charge >= 0.3 is 0 Å². The lowest BCUT2D eigenvalue weighted by Gasteiger charge is -2.05. The Bertz CT molecular complexity index is 451. The maximum atomic E-state index is 9.11. The molecule has 0 amide bonds. The molecule has 0 atom stereocenters. The molecule has 0 aliphatic rings. The van der Waals surface area contributed by atoms with Gasteiger partial charge in [-0.05, 0) is 28.8 Å². The monoisotopic (exact) mass is 218 g/mol. The van der Waals surface area contributed by atoms with E-state index in [9.17, 15) is 0 Å². The maximum absolute atomic E-state index is 9.11. The molecule has 0 fully saturated rings. The molecular formula is C13H11ClO. The molecule has 0 aliphatic carbocycles. The first kappa shape index (κ1) is 10.2. The van der Waals surface area contributed by atoms with Gasteiger partial charge in [0.25, 0.3) is 0 Å². The fraction of sp³-hybridized carbons (Fsp3) is 0.0769. The summed E-state index contributed by atoms with van der Waals surface area (Å²) in [4.78, 5) is 0. The average molecular weight is 219 g/mol. The van der Waals surface area contributed by atoms with E-state index in [-0.39, 0.29) is 6.61 Å². The number of hydrogen-bond acceptors (Lipinski definition) is 1. The number of hydrogen-bond donors (Lipinski definition) is 1. The van der Waals surface area contributed by atoms with Gasteiger partial charge in [-0.1, -0.05) is 48.0 Å². The molecule has 0 saturated carbocycles. The van der Waals surface area contributed by atoms with Crippen LogP contribution in [0.3, 0.4) is 0 Å². The van der Waals surface area contributed by atoms with E-state index in [4.69, 9.17) is 16.7 Å². The lowest BCUT2D eigenvalue weighted by atomic mass is 10.0. The summed E-state index contributed by atoms with van der Waals surface area (Å²) in [5.41, 5.74) is 2.96. The first-order chi connectivity index (χ1) is 7.31. The third kappa shape index (κ3) is 2.20. The second-order valence-electron chi connectivity index (χ2n) is 3.33. The van der Waals surface area contributed by atoms with Crippen molar-refractivity contribution in [2.24, 2.45) is 0 Å². The van der Waals surface area contributed by atoms with E-state index in [1.54, 1.807) is 0 Å². The van der Waals surface area contributed by atoms with Gasteiger partial charge in [-0.25, -0.2) is 0 Å². The number of halogens is 1. The van der Waals surface area contributed by atoms with Gasteiger partial charge < -0.3 is 5.11 Å². The van der Waals surface area contributed by atoms with Crippen LogP contribution in [0.15, 0.2) is 48.5 Å². The van der Waals surface area contributed by atoms with E-state index < -0.39 is 0 Å². The molecule has 76 valence electrons. The molecule has 0 spiro atoms. The molecular weight excluding hydrogens is 208 g/mol. The van der Waals surface area contributed by atoms with Crippen LogP contribution >= 0.6 is 11.6 Å². The summed E-state index contributed by atoms with van der Waals surface area (Å²) >= 11 is 5.92. The number of aliphatic hydroxyl groups is 1. The summed E-state index contributed by atoms with van der Waals surface area (Å²) in [5, 5.41) is 9.71. The first-order valence-corrected chi connectivity index (χ1v) is 5.14. The van der Waals surface area contributed by atoms with Crippen molar-refractivity contribution in [3.63, 3.8) is 0 Å². The van der Waals surface area contributed by atoms with E-state index in [0.29, 0.717) is 5.02 Å². The van der Waals surface area contributed by atoms with Gasteiger partial charge in [0, 0.05) is 5.02 Å². The summed E-state index contributed by atoms with van der Waals surface area (Å²) in [6.45, 7) is -0.0283. The number of benzene rings is 2. The van der Waals surface area contributed by atoms with E-state index in [1.807, 2.05) is 48.5 Å². The smallest absolute Gasteiger partial charge is 0.0696 e. The van der Waals surface area contributed by atoms with Crippen molar-refractivity contribution < 1.29 is 5.11 Å². The zero-order valence-electron chi connectivity index (χ0n) is 8.15. The molecule has 0 heterocycles. The molecule has 0 radical (unpaired) electrons. The highest BCUT2D eigenvalue weighted by molar-refractivity contribution is 6.31. The highest BCUT2D eigenvalue weighted by atomic mass is 35.5. The Labute approximate surface area is 94.0 Å². The molecule has 2 aromatic carbocycles. The molecule has 1 N–H and O–H groups in total. The Hall–Kier alpha value is -1.31. The van der Waals surface area contributed by atoms with Crippen molar-refractivity contribution in [2.75, 3.05) is 0 Å². The molecule has 0 bridgehead atoms. The van der Waals surface area contributed by atoms with Gasteiger partial charge in [0.15, 0.2) is 0 Å². The Morgan fingerprint density at radius 3 is 2.33 bits per heavy atom. The highest BCUT2D eigenvalue weighted by Gasteiger charge is 2.02. The van der Waals surface area contributed by atoms with E-state index >= 15 is 0 Å². The number of rotatable bonds is 2. The Morgan fingerprint density at radius 1 is 0.933 bits per heavy atom. The van der Waals surface area contributed by atoms with Crippen LogP contribution < -0.4 is 0 Å². The van der Waals surface area contributed by atoms with Gasteiger partial charge in [-0.3, -0.25) is 0 Å². The second kappa shape index (κ2) is 4.47. The van der Waals surface area contributed by atoms with Crippen LogP contribution in [0, 0.1) is 0 Å². The second-order valence-corrected chi connectivity index (χ2v) is 3.74. The average Bonchev–Trinajstić information content (AvgIpc) is 2.31. The van der Waals surface area contributed by atoms with Crippen LogP contribution in [0.25, 0.3) is 11.1 Å². The summed E-state index contributed by atoms with van der Waals surface area (Å²) in [6.07, 6.45) is 0. The largest absolute Gasteiger partial charge is 0.392 e. The molecule has 2 rings (SSSR count). The molecule has 0 saturated heterocycles. The van der Waals surface area contributed by atoms with Crippen molar-refractivity contribution in [3.05, 3.63) is 59.1 Å². The lowest BCUT2D eigenvalue weighted by molar-refractivity contribution is 0.282. The molecule has 0 unspecified atom stereocenters. The third-order valence-electron chi connectivity index (χ3n) is 2.32. The lowest BCUT2D eigenvalue weighted by Crippen LogP contribution is -1.86. The Morgan fingerprint density at radius 2 is 1.67 bits per heavy atom. The van der Waals surface area contributed by atoms with Gasteiger partial charge in [-0.15, -0.1) is 0 Å².